The molecule has 5 heteroatoms. The summed E-state index contributed by atoms with van der Waals surface area (Å²) in [5, 5.41) is 0. The molecule has 1 unspecified atom stereocenters. The number of rotatable bonds is 4. The SMILES string of the molecule is CC(C)N(C)S(=O)(=NC1CCC1)c1cccc(N)c1. The van der Waals surface area contributed by atoms with Gasteiger partial charge in [0.2, 0.25) is 0 Å². The summed E-state index contributed by atoms with van der Waals surface area (Å²) in [6, 6.07) is 7.69. The van der Waals surface area contributed by atoms with Crippen molar-refractivity contribution in [2.45, 2.75) is 50.1 Å². The highest BCUT2D eigenvalue weighted by Gasteiger charge is 2.26. The molecular formula is C14H23N3OS. The van der Waals surface area contributed by atoms with Crippen molar-refractivity contribution in [3.8, 4) is 0 Å². The number of nitrogen functional groups attached to an aromatic ring is 1. The molecule has 2 N–H and O–H groups in total. The van der Waals surface area contributed by atoms with Crippen LogP contribution < -0.4 is 5.73 Å². The van der Waals surface area contributed by atoms with Crippen LogP contribution in [0.15, 0.2) is 33.5 Å². The normalized spacial score (nSPS) is 19.2. The van der Waals surface area contributed by atoms with E-state index in [9.17, 15) is 4.21 Å². The van der Waals surface area contributed by atoms with Crippen molar-refractivity contribution in [3.05, 3.63) is 24.3 Å². The predicted molar refractivity (Wildman–Crippen MR) is 80.2 cm³/mol. The average Bonchev–Trinajstić information content (AvgIpc) is 2.32. The van der Waals surface area contributed by atoms with Gasteiger partial charge < -0.3 is 5.73 Å². The Morgan fingerprint density at radius 3 is 2.58 bits per heavy atom. The van der Waals surface area contributed by atoms with Gasteiger partial charge in [0, 0.05) is 18.8 Å². The summed E-state index contributed by atoms with van der Waals surface area (Å²) in [6.45, 7) is 4.06. The lowest BCUT2D eigenvalue weighted by atomic mass is 9.95. The monoisotopic (exact) mass is 281 g/mol. The molecule has 0 radical (unpaired) electrons. The molecule has 1 atom stereocenters. The number of hydrogen-bond acceptors (Lipinski definition) is 3. The van der Waals surface area contributed by atoms with Gasteiger partial charge >= 0.3 is 0 Å². The molecule has 4 nitrogen and oxygen atoms in total. The first kappa shape index (κ1) is 14.3. The van der Waals surface area contributed by atoms with Crippen LogP contribution in [0.2, 0.25) is 0 Å². The Morgan fingerprint density at radius 2 is 2.11 bits per heavy atom. The number of hydrogen-bond donors (Lipinski definition) is 1. The summed E-state index contributed by atoms with van der Waals surface area (Å²) in [6.07, 6.45) is 3.28. The molecule has 1 aliphatic carbocycles. The molecule has 1 fully saturated rings. The molecule has 0 amide bonds. The van der Waals surface area contributed by atoms with Crippen molar-refractivity contribution in [3.63, 3.8) is 0 Å². The van der Waals surface area contributed by atoms with Crippen molar-refractivity contribution < 1.29 is 4.21 Å². The maximum Gasteiger partial charge on any atom is 0.140 e. The van der Waals surface area contributed by atoms with Crippen molar-refractivity contribution in [2.75, 3.05) is 12.8 Å². The number of benzene rings is 1. The lowest BCUT2D eigenvalue weighted by Crippen LogP contribution is -2.34. The summed E-state index contributed by atoms with van der Waals surface area (Å²) < 4.78 is 19.9. The highest BCUT2D eigenvalue weighted by molar-refractivity contribution is 7.91. The van der Waals surface area contributed by atoms with E-state index in [4.69, 9.17) is 5.73 Å². The third-order valence-corrected chi connectivity index (χ3v) is 6.30. The van der Waals surface area contributed by atoms with E-state index in [1.54, 1.807) is 6.07 Å². The Balaban J connectivity index is 2.50. The Kier molecular flexibility index (Phi) is 4.16. The molecular weight excluding hydrogens is 258 g/mol. The molecule has 19 heavy (non-hydrogen) atoms. The third kappa shape index (κ3) is 2.92. The fourth-order valence-electron chi connectivity index (χ4n) is 1.96. The van der Waals surface area contributed by atoms with Gasteiger partial charge in [0.25, 0.3) is 0 Å². The van der Waals surface area contributed by atoms with Crippen LogP contribution in [0.4, 0.5) is 5.69 Å². The topological polar surface area (TPSA) is 58.7 Å². The van der Waals surface area contributed by atoms with Crippen molar-refractivity contribution >= 4 is 15.6 Å². The van der Waals surface area contributed by atoms with Gasteiger partial charge in [-0.25, -0.2) is 12.9 Å². The van der Waals surface area contributed by atoms with E-state index in [0.717, 1.165) is 17.7 Å². The first-order chi connectivity index (χ1) is 8.93. The smallest absolute Gasteiger partial charge is 0.140 e. The first-order valence-corrected chi connectivity index (χ1v) is 8.25. The van der Waals surface area contributed by atoms with Gasteiger partial charge in [0.1, 0.15) is 9.92 Å². The molecule has 0 bridgehead atoms. The largest absolute Gasteiger partial charge is 0.399 e. The van der Waals surface area contributed by atoms with Crippen LogP contribution in [-0.2, 0) is 9.92 Å². The van der Waals surface area contributed by atoms with Gasteiger partial charge in [-0.1, -0.05) is 6.07 Å². The van der Waals surface area contributed by atoms with Crippen molar-refractivity contribution in [1.82, 2.24) is 4.31 Å². The fourth-order valence-corrected chi connectivity index (χ4v) is 4.30. The van der Waals surface area contributed by atoms with E-state index in [2.05, 4.69) is 4.36 Å². The average molecular weight is 281 g/mol. The second kappa shape index (κ2) is 5.51. The zero-order chi connectivity index (χ0) is 14.0. The van der Waals surface area contributed by atoms with Gasteiger partial charge in [-0.3, -0.25) is 0 Å². The van der Waals surface area contributed by atoms with E-state index in [1.807, 2.05) is 43.4 Å². The minimum absolute atomic E-state index is 0.165. The number of anilines is 1. The quantitative estimate of drug-likeness (QED) is 0.863. The molecule has 1 aromatic carbocycles. The fraction of sp³-hybridized carbons (Fsp3) is 0.571. The Morgan fingerprint density at radius 1 is 1.42 bits per heavy atom. The van der Waals surface area contributed by atoms with Crippen LogP contribution in [0, 0.1) is 0 Å². The molecule has 1 aromatic rings. The zero-order valence-corrected chi connectivity index (χ0v) is 12.7. The summed E-state index contributed by atoms with van der Waals surface area (Å²) >= 11 is 0. The molecule has 0 aliphatic heterocycles. The Labute approximate surface area is 116 Å². The highest BCUT2D eigenvalue weighted by Crippen LogP contribution is 2.28. The standard InChI is InChI=1S/C14H23N3OS/c1-11(2)17(3)19(18,16-13-7-5-8-13)14-9-4-6-12(15)10-14/h4,6,9-11,13H,5,7-8,15H2,1-3H3. The van der Waals surface area contributed by atoms with Crippen LogP contribution in [-0.4, -0.2) is 27.6 Å². The van der Waals surface area contributed by atoms with Crippen LogP contribution in [0.25, 0.3) is 0 Å². The lowest BCUT2D eigenvalue weighted by Gasteiger charge is -2.29. The molecule has 106 valence electrons. The van der Waals surface area contributed by atoms with Crippen molar-refractivity contribution in [1.29, 1.82) is 0 Å². The van der Waals surface area contributed by atoms with Crippen molar-refractivity contribution in [2.24, 2.45) is 4.36 Å². The Bertz CT molecular complexity index is 558. The summed E-state index contributed by atoms with van der Waals surface area (Å²) in [5.74, 6) is 0. The minimum atomic E-state index is -2.55. The molecule has 1 saturated carbocycles. The molecule has 0 heterocycles. The van der Waals surface area contributed by atoms with E-state index in [-0.39, 0.29) is 12.1 Å². The van der Waals surface area contributed by atoms with E-state index < -0.39 is 9.92 Å². The summed E-state index contributed by atoms with van der Waals surface area (Å²) in [7, 11) is -0.677. The highest BCUT2D eigenvalue weighted by atomic mass is 32.2. The summed E-state index contributed by atoms with van der Waals surface area (Å²) in [4.78, 5) is 0.718. The van der Waals surface area contributed by atoms with Gasteiger partial charge in [-0.15, -0.1) is 0 Å². The first-order valence-electron chi connectivity index (χ1n) is 6.78. The van der Waals surface area contributed by atoms with E-state index >= 15 is 0 Å². The van der Waals surface area contributed by atoms with Gasteiger partial charge in [-0.05, 0) is 51.3 Å². The van der Waals surface area contributed by atoms with Gasteiger partial charge in [0.05, 0.1) is 10.9 Å². The van der Waals surface area contributed by atoms with E-state index in [0.29, 0.717) is 5.69 Å². The van der Waals surface area contributed by atoms with Crippen LogP contribution in [0.1, 0.15) is 33.1 Å². The molecule has 2 rings (SSSR count). The second-order valence-corrected chi connectivity index (χ2v) is 7.65. The number of nitrogens with zero attached hydrogens (tertiary/aromatic N) is 2. The third-order valence-electron chi connectivity index (χ3n) is 3.65. The minimum Gasteiger partial charge on any atom is -0.399 e. The van der Waals surface area contributed by atoms with Crippen LogP contribution in [0.5, 0.6) is 0 Å². The summed E-state index contributed by atoms with van der Waals surface area (Å²) in [5.41, 5.74) is 6.45. The van der Waals surface area contributed by atoms with Gasteiger partial charge in [-0.2, -0.15) is 0 Å². The predicted octanol–water partition coefficient (Wildman–Crippen LogP) is 2.90. The Hall–Kier alpha value is -1.07. The molecule has 1 aliphatic rings. The lowest BCUT2D eigenvalue weighted by molar-refractivity contribution is 0.404. The van der Waals surface area contributed by atoms with Crippen LogP contribution in [0.3, 0.4) is 0 Å². The maximum atomic E-state index is 13.4. The molecule has 0 aromatic heterocycles. The number of nitrogens with two attached hydrogens (primary N) is 1. The van der Waals surface area contributed by atoms with Crippen LogP contribution >= 0.6 is 0 Å². The van der Waals surface area contributed by atoms with Gasteiger partial charge in [0.15, 0.2) is 0 Å². The zero-order valence-electron chi connectivity index (χ0n) is 11.9. The maximum absolute atomic E-state index is 13.4. The molecule has 0 saturated heterocycles. The van der Waals surface area contributed by atoms with E-state index in [1.165, 1.54) is 6.42 Å². The second-order valence-electron chi connectivity index (χ2n) is 5.40. The molecule has 0 spiro atoms.